The Kier molecular flexibility index (Phi) is 5.96. The van der Waals surface area contributed by atoms with Crippen molar-refractivity contribution in [3.63, 3.8) is 0 Å². The van der Waals surface area contributed by atoms with E-state index in [1.165, 1.54) is 25.0 Å². The van der Waals surface area contributed by atoms with Gasteiger partial charge in [0.05, 0.1) is 18.9 Å². The van der Waals surface area contributed by atoms with Crippen molar-refractivity contribution in [2.45, 2.75) is 50.0 Å². The first kappa shape index (κ1) is 23.3. The second kappa shape index (κ2) is 8.95. The molecule has 0 saturated carbocycles. The lowest BCUT2D eigenvalue weighted by Gasteiger charge is -2.35. The van der Waals surface area contributed by atoms with Gasteiger partial charge in [0.1, 0.15) is 11.5 Å². The summed E-state index contributed by atoms with van der Waals surface area (Å²) in [5, 5.41) is 22.8. The van der Waals surface area contributed by atoms with Crippen molar-refractivity contribution in [1.82, 2.24) is 25.5 Å². The lowest BCUT2D eigenvalue weighted by Crippen LogP contribution is -2.47. The minimum Gasteiger partial charge on any atom is -0.507 e. The number of pyridine rings is 1. The number of methoxy groups -OCH3 is 1. The van der Waals surface area contributed by atoms with E-state index < -0.39 is 17.6 Å². The largest absolute Gasteiger partial charge is 0.507 e. The molecule has 0 radical (unpaired) electrons. The SMILES string of the molecule is COc1cc(-c2ccc(-c3ncc(N(C)C4C[C@H]5CC[C@@H](C4)N5)nn3)c(O)c2)cnc1C(F)(F)F. The number of piperidine rings is 1. The van der Waals surface area contributed by atoms with Crippen LogP contribution in [-0.4, -0.2) is 57.6 Å². The molecule has 3 atom stereocenters. The highest BCUT2D eigenvalue weighted by atomic mass is 19.4. The maximum atomic E-state index is 13.1. The van der Waals surface area contributed by atoms with Crippen molar-refractivity contribution in [1.29, 1.82) is 0 Å². The van der Waals surface area contributed by atoms with E-state index in [-0.39, 0.29) is 11.6 Å². The molecule has 2 N–H and O–H groups in total. The van der Waals surface area contributed by atoms with Crippen LogP contribution < -0.4 is 15.0 Å². The van der Waals surface area contributed by atoms with Gasteiger partial charge < -0.3 is 20.1 Å². The number of hydrogen-bond donors (Lipinski definition) is 2. The van der Waals surface area contributed by atoms with Gasteiger partial charge in [-0.2, -0.15) is 13.2 Å². The van der Waals surface area contributed by atoms with Gasteiger partial charge in [-0.25, -0.2) is 9.97 Å². The average Bonchev–Trinajstić information content (AvgIpc) is 3.19. The molecular formula is C24H25F3N6O2. The zero-order chi connectivity index (χ0) is 24.7. The quantitative estimate of drug-likeness (QED) is 0.558. The molecule has 4 heterocycles. The van der Waals surface area contributed by atoms with Crippen LogP contribution in [0.5, 0.6) is 11.5 Å². The van der Waals surface area contributed by atoms with E-state index in [9.17, 15) is 18.3 Å². The van der Waals surface area contributed by atoms with Gasteiger partial charge in [0.15, 0.2) is 17.3 Å². The summed E-state index contributed by atoms with van der Waals surface area (Å²) in [6.07, 6.45) is 2.64. The van der Waals surface area contributed by atoms with Crippen LogP contribution in [0, 0.1) is 0 Å². The molecule has 5 rings (SSSR count). The number of phenols is 1. The predicted molar refractivity (Wildman–Crippen MR) is 123 cm³/mol. The van der Waals surface area contributed by atoms with E-state index in [0.717, 1.165) is 26.1 Å². The number of ether oxygens (including phenoxy) is 1. The number of nitrogens with zero attached hydrogens (tertiary/aromatic N) is 5. The van der Waals surface area contributed by atoms with Crippen LogP contribution in [0.4, 0.5) is 19.0 Å². The number of benzene rings is 1. The van der Waals surface area contributed by atoms with Crippen LogP contribution in [0.2, 0.25) is 0 Å². The molecule has 11 heteroatoms. The Hall–Kier alpha value is -3.47. The molecule has 0 amide bonds. The standard InChI is InChI=1S/C24H25F3N6O2/c1-33(17-9-15-4-5-16(10-17)30-15)21-12-29-23(32-31-21)18-6-3-13(7-19(18)34)14-8-20(35-2)22(28-11-14)24(25,26)27/h3,6-8,11-12,15-17,30,34H,4-5,9-10H2,1-2H3/t15-,16+,17?. The van der Waals surface area contributed by atoms with Crippen LogP contribution in [0.1, 0.15) is 31.4 Å². The molecule has 35 heavy (non-hydrogen) atoms. The highest BCUT2D eigenvalue weighted by Crippen LogP contribution is 2.38. The number of nitrogens with one attached hydrogen (secondary N) is 1. The Bertz CT molecular complexity index is 1210. The summed E-state index contributed by atoms with van der Waals surface area (Å²) in [6.45, 7) is 0. The fraction of sp³-hybridized carbons (Fsp3) is 0.417. The van der Waals surface area contributed by atoms with E-state index in [2.05, 4.69) is 30.4 Å². The average molecular weight is 486 g/mol. The molecule has 3 aromatic rings. The molecule has 184 valence electrons. The second-order valence-corrected chi connectivity index (χ2v) is 9.02. The van der Waals surface area contributed by atoms with Crippen molar-refractivity contribution in [3.05, 3.63) is 42.4 Å². The van der Waals surface area contributed by atoms with Crippen molar-refractivity contribution < 1.29 is 23.0 Å². The molecule has 0 spiro atoms. The van der Waals surface area contributed by atoms with Gasteiger partial charge in [-0.3, -0.25) is 0 Å². The van der Waals surface area contributed by atoms with Gasteiger partial charge >= 0.3 is 6.18 Å². The summed E-state index contributed by atoms with van der Waals surface area (Å²) < 4.78 is 44.1. The molecule has 2 aromatic heterocycles. The number of phenolic OH excluding ortho intramolecular Hbond substituents is 1. The monoisotopic (exact) mass is 486 g/mol. The summed E-state index contributed by atoms with van der Waals surface area (Å²) in [4.78, 5) is 10.0. The first-order valence-electron chi connectivity index (χ1n) is 11.4. The Morgan fingerprint density at radius 1 is 1.03 bits per heavy atom. The number of hydrogen-bond acceptors (Lipinski definition) is 8. The number of anilines is 1. The van der Waals surface area contributed by atoms with Gasteiger partial charge in [0, 0.05) is 36.9 Å². The van der Waals surface area contributed by atoms with Crippen LogP contribution >= 0.6 is 0 Å². The first-order valence-corrected chi connectivity index (χ1v) is 11.4. The normalized spacial score (nSPS) is 21.7. The van der Waals surface area contributed by atoms with Crippen molar-refractivity contribution in [3.8, 4) is 34.0 Å². The van der Waals surface area contributed by atoms with Crippen molar-refractivity contribution in [2.75, 3.05) is 19.1 Å². The lowest BCUT2D eigenvalue weighted by molar-refractivity contribution is -0.142. The maximum Gasteiger partial charge on any atom is 0.437 e. The van der Waals surface area contributed by atoms with Crippen LogP contribution in [0.3, 0.4) is 0 Å². The molecular weight excluding hydrogens is 461 g/mol. The fourth-order valence-corrected chi connectivity index (χ4v) is 4.96. The minimum absolute atomic E-state index is 0.126. The lowest BCUT2D eigenvalue weighted by atomic mass is 9.99. The summed E-state index contributed by atoms with van der Waals surface area (Å²) in [7, 11) is 3.15. The number of halogens is 3. The number of aromatic nitrogens is 4. The van der Waals surface area contributed by atoms with Crippen molar-refractivity contribution >= 4 is 5.82 Å². The van der Waals surface area contributed by atoms with Gasteiger partial charge in [-0.05, 0) is 49.4 Å². The highest BCUT2D eigenvalue weighted by molar-refractivity contribution is 5.73. The summed E-state index contributed by atoms with van der Waals surface area (Å²) in [5.41, 5.74) is 0.0905. The van der Waals surface area contributed by atoms with E-state index in [1.807, 2.05) is 7.05 Å². The van der Waals surface area contributed by atoms with E-state index in [0.29, 0.717) is 40.6 Å². The smallest absolute Gasteiger partial charge is 0.437 e. The molecule has 0 aliphatic carbocycles. The molecule has 1 aromatic carbocycles. The van der Waals surface area contributed by atoms with Gasteiger partial charge in [-0.15, -0.1) is 10.2 Å². The first-order chi connectivity index (χ1) is 16.7. The number of fused-ring (bicyclic) bond motifs is 2. The molecule has 2 bridgehead atoms. The van der Waals surface area contributed by atoms with Crippen LogP contribution in [-0.2, 0) is 6.18 Å². The number of alkyl halides is 3. The zero-order valence-corrected chi connectivity index (χ0v) is 19.3. The van der Waals surface area contributed by atoms with Gasteiger partial charge in [0.25, 0.3) is 0 Å². The molecule has 2 saturated heterocycles. The summed E-state index contributed by atoms with van der Waals surface area (Å²) in [6, 6.07) is 7.38. The second-order valence-electron chi connectivity index (χ2n) is 9.02. The number of aromatic hydroxyl groups is 1. The Morgan fingerprint density at radius 2 is 1.77 bits per heavy atom. The predicted octanol–water partition coefficient (Wildman–Crippen LogP) is 4.05. The van der Waals surface area contributed by atoms with E-state index in [4.69, 9.17) is 4.74 Å². The highest BCUT2D eigenvalue weighted by Gasteiger charge is 2.37. The van der Waals surface area contributed by atoms with Crippen LogP contribution in [0.25, 0.3) is 22.5 Å². The molecule has 8 nitrogen and oxygen atoms in total. The Labute approximate surface area is 200 Å². The Morgan fingerprint density at radius 3 is 2.37 bits per heavy atom. The molecule has 2 fully saturated rings. The van der Waals surface area contributed by atoms with Crippen molar-refractivity contribution in [2.24, 2.45) is 0 Å². The summed E-state index contributed by atoms with van der Waals surface area (Å²) >= 11 is 0. The zero-order valence-electron chi connectivity index (χ0n) is 19.3. The third-order valence-electron chi connectivity index (χ3n) is 6.82. The van der Waals surface area contributed by atoms with Crippen LogP contribution in [0.15, 0.2) is 36.7 Å². The molecule has 1 unspecified atom stereocenters. The Balaban J connectivity index is 1.35. The van der Waals surface area contributed by atoms with E-state index in [1.54, 1.807) is 18.3 Å². The van der Waals surface area contributed by atoms with E-state index >= 15 is 0 Å². The molecule has 2 aliphatic heterocycles. The third kappa shape index (κ3) is 4.60. The topological polar surface area (TPSA) is 96.3 Å². The fourth-order valence-electron chi connectivity index (χ4n) is 4.96. The third-order valence-corrected chi connectivity index (χ3v) is 6.82. The van der Waals surface area contributed by atoms with Gasteiger partial charge in [0.2, 0.25) is 0 Å². The minimum atomic E-state index is -4.63. The summed E-state index contributed by atoms with van der Waals surface area (Å²) in [5.74, 6) is 0.394. The number of rotatable bonds is 5. The maximum absolute atomic E-state index is 13.1. The molecule has 2 aliphatic rings. The van der Waals surface area contributed by atoms with Gasteiger partial charge in [-0.1, -0.05) is 6.07 Å².